The van der Waals surface area contributed by atoms with Crippen molar-refractivity contribution in [3.05, 3.63) is 33.7 Å². The number of aromatic hydroxyl groups is 1. The van der Waals surface area contributed by atoms with Crippen molar-refractivity contribution in [2.45, 2.75) is 13.3 Å². The van der Waals surface area contributed by atoms with Crippen LogP contribution in [0.15, 0.2) is 21.3 Å². The smallest absolute Gasteiger partial charge is 0.340 e. The predicted octanol–water partition coefficient (Wildman–Crippen LogP) is 0.843. The molecule has 6 heteroatoms. The highest BCUT2D eigenvalue weighted by atomic mass is 16.5. The summed E-state index contributed by atoms with van der Waals surface area (Å²) < 4.78 is 10.1. The fourth-order valence-electron chi connectivity index (χ4n) is 1.95. The number of rotatable bonds is 3. The van der Waals surface area contributed by atoms with Crippen LogP contribution in [0.25, 0.3) is 11.0 Å². The molecule has 0 saturated carbocycles. The van der Waals surface area contributed by atoms with Crippen LogP contribution in [-0.2, 0) is 11.2 Å². The summed E-state index contributed by atoms with van der Waals surface area (Å²) in [7, 11) is 1.42. The molecule has 1 aromatic heterocycles. The number of hydrogen-bond donors (Lipinski definition) is 2. The molecule has 6 nitrogen and oxygen atoms in total. The lowest BCUT2D eigenvalue weighted by molar-refractivity contribution is -0.117. The van der Waals surface area contributed by atoms with Gasteiger partial charge in [-0.2, -0.15) is 0 Å². The van der Waals surface area contributed by atoms with Gasteiger partial charge in [-0.3, -0.25) is 4.79 Å². The summed E-state index contributed by atoms with van der Waals surface area (Å²) in [6, 6.07) is 2.85. The third-order valence-corrected chi connectivity index (χ3v) is 2.94. The van der Waals surface area contributed by atoms with E-state index in [1.54, 1.807) is 13.0 Å². The van der Waals surface area contributed by atoms with Crippen molar-refractivity contribution in [1.82, 2.24) is 0 Å². The van der Waals surface area contributed by atoms with Crippen molar-refractivity contribution in [3.63, 3.8) is 0 Å². The van der Waals surface area contributed by atoms with E-state index in [9.17, 15) is 14.7 Å². The Morgan fingerprint density at radius 1 is 1.47 bits per heavy atom. The first-order chi connectivity index (χ1) is 8.93. The number of fused-ring (bicyclic) bond motifs is 1. The molecule has 0 aliphatic carbocycles. The number of benzene rings is 1. The fraction of sp³-hybridized carbons (Fsp3) is 0.231. The average Bonchev–Trinajstić information content (AvgIpc) is 2.33. The van der Waals surface area contributed by atoms with Crippen LogP contribution in [0.2, 0.25) is 0 Å². The summed E-state index contributed by atoms with van der Waals surface area (Å²) in [6.45, 7) is 1.69. The molecule has 0 aliphatic heterocycles. The number of phenolic OH excluding ortho intramolecular Hbond substituents is 1. The first-order valence-electron chi connectivity index (χ1n) is 5.55. The second kappa shape index (κ2) is 4.64. The zero-order chi connectivity index (χ0) is 14.2. The summed E-state index contributed by atoms with van der Waals surface area (Å²) in [4.78, 5) is 22.7. The van der Waals surface area contributed by atoms with Gasteiger partial charge in [-0.15, -0.1) is 0 Å². The zero-order valence-electron chi connectivity index (χ0n) is 10.5. The number of ether oxygens (including phenoxy) is 1. The summed E-state index contributed by atoms with van der Waals surface area (Å²) in [6.07, 6.45) is -0.187. The summed E-state index contributed by atoms with van der Waals surface area (Å²) in [5.74, 6) is -0.477. The lowest BCUT2D eigenvalue weighted by atomic mass is 10.0. The second-order valence-corrected chi connectivity index (χ2v) is 4.16. The number of hydrogen-bond acceptors (Lipinski definition) is 5. The molecule has 2 aromatic rings. The van der Waals surface area contributed by atoms with Crippen LogP contribution in [0.1, 0.15) is 11.1 Å². The molecule has 1 heterocycles. The molecule has 1 amide bonds. The summed E-state index contributed by atoms with van der Waals surface area (Å²) in [5, 5.41) is 10.2. The standard InChI is InChI=1S/C13H13NO5/c1-6-7-3-11(18-2)9(15)5-10(7)19-13(17)8(6)4-12(14)16/h3,5,15H,4H2,1-2H3,(H2,14,16). The Morgan fingerprint density at radius 2 is 2.16 bits per heavy atom. The van der Waals surface area contributed by atoms with Gasteiger partial charge >= 0.3 is 5.63 Å². The maximum absolute atomic E-state index is 11.8. The monoisotopic (exact) mass is 263 g/mol. The van der Waals surface area contributed by atoms with E-state index < -0.39 is 11.5 Å². The Balaban J connectivity index is 2.78. The molecule has 19 heavy (non-hydrogen) atoms. The normalized spacial score (nSPS) is 10.6. The molecule has 0 saturated heterocycles. The Kier molecular flexibility index (Phi) is 3.16. The lowest BCUT2D eigenvalue weighted by Crippen LogP contribution is -2.20. The van der Waals surface area contributed by atoms with Gasteiger partial charge in [0.1, 0.15) is 5.58 Å². The van der Waals surface area contributed by atoms with Gasteiger partial charge in [0.15, 0.2) is 11.5 Å². The topological polar surface area (TPSA) is 103 Å². The molecule has 0 aliphatic rings. The van der Waals surface area contributed by atoms with Gasteiger partial charge < -0.3 is 20.0 Å². The van der Waals surface area contributed by atoms with Gasteiger partial charge in [0, 0.05) is 11.5 Å². The SMILES string of the molecule is COc1cc2c(C)c(CC(N)=O)c(=O)oc2cc1O. The second-order valence-electron chi connectivity index (χ2n) is 4.16. The van der Waals surface area contributed by atoms with E-state index in [-0.39, 0.29) is 29.1 Å². The lowest BCUT2D eigenvalue weighted by Gasteiger charge is -2.09. The van der Waals surface area contributed by atoms with Gasteiger partial charge in [-0.25, -0.2) is 4.79 Å². The van der Waals surface area contributed by atoms with Gasteiger partial charge in [-0.1, -0.05) is 0 Å². The van der Waals surface area contributed by atoms with Crippen molar-refractivity contribution in [2.75, 3.05) is 7.11 Å². The molecule has 0 unspecified atom stereocenters. The molecule has 0 atom stereocenters. The highest BCUT2D eigenvalue weighted by Crippen LogP contribution is 2.32. The predicted molar refractivity (Wildman–Crippen MR) is 68.3 cm³/mol. The third-order valence-electron chi connectivity index (χ3n) is 2.94. The minimum atomic E-state index is -0.631. The fourth-order valence-corrected chi connectivity index (χ4v) is 1.95. The minimum absolute atomic E-state index is 0.125. The van der Waals surface area contributed by atoms with Crippen LogP contribution >= 0.6 is 0 Å². The first kappa shape index (κ1) is 12.9. The Hall–Kier alpha value is -2.50. The highest BCUT2D eigenvalue weighted by Gasteiger charge is 2.15. The van der Waals surface area contributed by atoms with Crippen LogP contribution in [0.3, 0.4) is 0 Å². The van der Waals surface area contributed by atoms with Crippen LogP contribution in [0, 0.1) is 6.92 Å². The van der Waals surface area contributed by atoms with Gasteiger partial charge in [0.2, 0.25) is 5.91 Å². The van der Waals surface area contributed by atoms with E-state index in [2.05, 4.69) is 0 Å². The third kappa shape index (κ3) is 2.24. The molecule has 3 N–H and O–H groups in total. The summed E-state index contributed by atoms with van der Waals surface area (Å²) in [5.41, 5.74) is 5.50. The van der Waals surface area contributed by atoms with Crippen molar-refractivity contribution in [1.29, 1.82) is 0 Å². The maximum atomic E-state index is 11.8. The van der Waals surface area contributed by atoms with E-state index in [1.807, 2.05) is 0 Å². The van der Waals surface area contributed by atoms with E-state index >= 15 is 0 Å². The molecular weight excluding hydrogens is 250 g/mol. The molecule has 2 rings (SSSR count). The summed E-state index contributed by atoms with van der Waals surface area (Å²) >= 11 is 0. The number of carbonyl (C=O) groups is 1. The number of amides is 1. The highest BCUT2D eigenvalue weighted by molar-refractivity contribution is 5.86. The van der Waals surface area contributed by atoms with Gasteiger partial charge in [0.25, 0.3) is 0 Å². The number of phenols is 1. The maximum Gasteiger partial charge on any atom is 0.340 e. The van der Waals surface area contributed by atoms with Crippen molar-refractivity contribution in [3.8, 4) is 11.5 Å². The van der Waals surface area contributed by atoms with Crippen LogP contribution in [0.5, 0.6) is 11.5 Å². The van der Waals surface area contributed by atoms with E-state index in [4.69, 9.17) is 14.9 Å². The minimum Gasteiger partial charge on any atom is -0.504 e. The van der Waals surface area contributed by atoms with Crippen LogP contribution < -0.4 is 16.1 Å². The van der Waals surface area contributed by atoms with Crippen LogP contribution in [-0.4, -0.2) is 18.1 Å². The van der Waals surface area contributed by atoms with Crippen LogP contribution in [0.4, 0.5) is 0 Å². The molecule has 0 bridgehead atoms. The van der Waals surface area contributed by atoms with Crippen molar-refractivity contribution in [2.24, 2.45) is 5.73 Å². The van der Waals surface area contributed by atoms with E-state index in [1.165, 1.54) is 13.2 Å². The molecular formula is C13H13NO5. The zero-order valence-corrected chi connectivity index (χ0v) is 10.5. The Labute approximate surface area is 108 Å². The van der Waals surface area contributed by atoms with Crippen molar-refractivity contribution >= 4 is 16.9 Å². The molecule has 100 valence electrons. The number of primary amides is 1. The molecule has 1 aromatic carbocycles. The molecule has 0 fully saturated rings. The molecule has 0 radical (unpaired) electrons. The molecule has 0 spiro atoms. The number of aryl methyl sites for hydroxylation is 1. The Bertz CT molecular complexity index is 717. The van der Waals surface area contributed by atoms with E-state index in [0.29, 0.717) is 10.9 Å². The largest absolute Gasteiger partial charge is 0.504 e. The van der Waals surface area contributed by atoms with Gasteiger partial charge in [-0.05, 0) is 18.6 Å². The Morgan fingerprint density at radius 3 is 2.74 bits per heavy atom. The quantitative estimate of drug-likeness (QED) is 0.799. The average molecular weight is 263 g/mol. The van der Waals surface area contributed by atoms with Gasteiger partial charge in [0.05, 0.1) is 19.1 Å². The number of nitrogens with two attached hydrogens (primary N) is 1. The number of methoxy groups -OCH3 is 1. The number of carbonyl (C=O) groups excluding carboxylic acids is 1. The van der Waals surface area contributed by atoms with Crippen molar-refractivity contribution < 1.29 is 19.1 Å². The van der Waals surface area contributed by atoms with E-state index in [0.717, 1.165) is 0 Å². The first-order valence-corrected chi connectivity index (χ1v) is 5.55.